The van der Waals surface area contributed by atoms with Gasteiger partial charge in [-0.1, -0.05) is 19.1 Å². The third-order valence-electron chi connectivity index (χ3n) is 7.19. The van der Waals surface area contributed by atoms with Gasteiger partial charge in [-0.3, -0.25) is 4.79 Å². The van der Waals surface area contributed by atoms with Gasteiger partial charge in [-0.25, -0.2) is 8.42 Å². The number of methoxy groups -OCH3 is 1. The Labute approximate surface area is 243 Å². The van der Waals surface area contributed by atoms with E-state index >= 15 is 0 Å². The minimum atomic E-state index is -4.42. The number of nitrogens with zero attached hydrogens (tertiary/aromatic N) is 1. The highest BCUT2D eigenvalue weighted by Crippen LogP contribution is 2.32. The molecule has 42 heavy (non-hydrogen) atoms. The normalized spacial score (nSPS) is 18.1. The van der Waals surface area contributed by atoms with Crippen LogP contribution in [0.15, 0.2) is 77.7 Å². The lowest BCUT2D eigenvalue weighted by molar-refractivity contribution is -0.137. The zero-order valence-electron chi connectivity index (χ0n) is 23.2. The number of ether oxygens (including phenoxy) is 2. The Morgan fingerprint density at radius 3 is 2.24 bits per heavy atom. The lowest BCUT2D eigenvalue weighted by atomic mass is 10.1. The quantitative estimate of drug-likeness (QED) is 0.328. The molecule has 1 amide bonds. The fourth-order valence-electron chi connectivity index (χ4n) is 4.90. The van der Waals surface area contributed by atoms with Crippen molar-refractivity contribution in [3.63, 3.8) is 0 Å². The number of amides is 1. The fraction of sp³-hybridized carbons (Fsp3) is 0.367. The zero-order valence-corrected chi connectivity index (χ0v) is 24.0. The minimum absolute atomic E-state index is 0.0288. The van der Waals surface area contributed by atoms with Crippen molar-refractivity contribution in [3.05, 3.63) is 89.5 Å². The summed E-state index contributed by atoms with van der Waals surface area (Å²) in [4.78, 5) is 15.2. The van der Waals surface area contributed by atoms with E-state index < -0.39 is 33.5 Å². The van der Waals surface area contributed by atoms with E-state index in [9.17, 15) is 31.5 Å². The molecule has 4 rings (SSSR count). The predicted molar refractivity (Wildman–Crippen MR) is 151 cm³/mol. The number of alkyl halides is 3. The second-order valence-electron chi connectivity index (χ2n) is 9.99. The van der Waals surface area contributed by atoms with Crippen molar-refractivity contribution >= 4 is 21.4 Å². The molecule has 3 atom stereocenters. The van der Waals surface area contributed by atoms with Crippen LogP contribution in [0.4, 0.5) is 18.9 Å². The molecule has 0 aromatic heterocycles. The summed E-state index contributed by atoms with van der Waals surface area (Å²) in [5.74, 6) is -0.0961. The molecule has 0 unspecified atom stereocenters. The van der Waals surface area contributed by atoms with E-state index in [1.807, 2.05) is 0 Å². The van der Waals surface area contributed by atoms with Gasteiger partial charge in [0.2, 0.25) is 0 Å². The van der Waals surface area contributed by atoms with Crippen molar-refractivity contribution in [2.45, 2.75) is 42.6 Å². The molecule has 1 aliphatic rings. The average molecular weight is 607 g/mol. The maximum absolute atomic E-state index is 13.0. The molecule has 2 N–H and O–H groups in total. The van der Waals surface area contributed by atoms with Crippen LogP contribution in [-0.4, -0.2) is 64.2 Å². The number of hydrogen-bond donors (Lipinski definition) is 2. The Hall–Kier alpha value is -3.61. The first-order valence-electron chi connectivity index (χ1n) is 13.4. The minimum Gasteiger partial charge on any atom is -0.489 e. The summed E-state index contributed by atoms with van der Waals surface area (Å²) in [5, 5.41) is 12.7. The number of rotatable bonds is 11. The SMILES string of the molecule is CCS(=O)(=O)c1ccc([C@H](CO)NC(=O)c2ccc(N3C[C@H](Oc4ccc(C(F)(F)F)cc4)C[C@H]3COC)cc2)cc1. The van der Waals surface area contributed by atoms with Crippen LogP contribution in [0.1, 0.15) is 40.9 Å². The molecule has 3 aromatic carbocycles. The molecule has 3 aromatic rings. The number of hydrogen-bond acceptors (Lipinski definition) is 7. The van der Waals surface area contributed by atoms with Crippen molar-refractivity contribution in [1.82, 2.24) is 5.32 Å². The smallest absolute Gasteiger partial charge is 0.416 e. The third-order valence-corrected chi connectivity index (χ3v) is 8.94. The Bertz CT molecular complexity index is 1450. The van der Waals surface area contributed by atoms with Crippen molar-refractivity contribution in [1.29, 1.82) is 0 Å². The lowest BCUT2D eigenvalue weighted by Crippen LogP contribution is -2.33. The van der Waals surface area contributed by atoms with Gasteiger partial charge in [-0.2, -0.15) is 13.2 Å². The molecule has 8 nitrogen and oxygen atoms in total. The highest BCUT2D eigenvalue weighted by molar-refractivity contribution is 7.91. The van der Waals surface area contributed by atoms with Gasteiger partial charge in [0, 0.05) is 24.8 Å². The van der Waals surface area contributed by atoms with E-state index in [-0.39, 0.29) is 29.4 Å². The first kappa shape index (κ1) is 31.3. The second-order valence-corrected chi connectivity index (χ2v) is 12.3. The van der Waals surface area contributed by atoms with Crippen LogP contribution < -0.4 is 15.0 Å². The molecule has 1 aliphatic heterocycles. The van der Waals surface area contributed by atoms with Gasteiger partial charge in [-0.15, -0.1) is 0 Å². The molecule has 0 radical (unpaired) electrons. The number of carbonyl (C=O) groups excluding carboxylic acids is 1. The molecular weight excluding hydrogens is 573 g/mol. The predicted octanol–water partition coefficient (Wildman–Crippen LogP) is 4.64. The van der Waals surface area contributed by atoms with Crippen LogP contribution in [0.5, 0.6) is 5.75 Å². The number of anilines is 1. The standard InChI is InChI=1S/C30H33F3N2O6S/c1-3-42(38,39)27-14-6-20(7-15-27)28(18-36)34-29(37)21-4-10-23(11-5-21)35-17-26(16-24(35)19-40-2)41-25-12-8-22(9-13-25)30(31,32)33/h4-15,24,26,28,36H,3,16-19H2,1-2H3,(H,34,37)/t24-,26+,28-/m0/s1. The van der Waals surface area contributed by atoms with E-state index in [4.69, 9.17) is 9.47 Å². The molecule has 0 saturated carbocycles. The summed E-state index contributed by atoms with van der Waals surface area (Å²) in [6.07, 6.45) is -4.11. The van der Waals surface area contributed by atoms with Crippen LogP contribution in [0, 0.1) is 0 Å². The molecule has 226 valence electrons. The summed E-state index contributed by atoms with van der Waals surface area (Å²) >= 11 is 0. The van der Waals surface area contributed by atoms with E-state index in [1.165, 1.54) is 24.3 Å². The van der Waals surface area contributed by atoms with Crippen molar-refractivity contribution in [2.24, 2.45) is 0 Å². The molecule has 1 saturated heterocycles. The Morgan fingerprint density at radius 1 is 1.05 bits per heavy atom. The fourth-order valence-corrected chi connectivity index (χ4v) is 5.78. The Kier molecular flexibility index (Phi) is 9.80. The Morgan fingerprint density at radius 2 is 1.69 bits per heavy atom. The van der Waals surface area contributed by atoms with Gasteiger partial charge in [0.25, 0.3) is 5.91 Å². The summed E-state index contributed by atoms with van der Waals surface area (Å²) in [7, 11) is -1.78. The van der Waals surface area contributed by atoms with E-state index in [2.05, 4.69) is 10.2 Å². The largest absolute Gasteiger partial charge is 0.489 e. The lowest BCUT2D eigenvalue weighted by Gasteiger charge is -2.26. The zero-order chi connectivity index (χ0) is 30.5. The number of benzene rings is 3. The molecule has 1 fully saturated rings. The van der Waals surface area contributed by atoms with Gasteiger partial charge in [-0.05, 0) is 66.2 Å². The third kappa shape index (κ3) is 7.42. The van der Waals surface area contributed by atoms with Gasteiger partial charge in [0.15, 0.2) is 9.84 Å². The molecule has 1 heterocycles. The van der Waals surface area contributed by atoms with E-state index in [0.29, 0.717) is 36.4 Å². The highest BCUT2D eigenvalue weighted by atomic mass is 32.2. The molecular formula is C30H33F3N2O6S. The first-order chi connectivity index (χ1) is 19.9. The molecule has 0 aliphatic carbocycles. The van der Waals surface area contributed by atoms with Crippen molar-refractivity contribution < 1.29 is 41.0 Å². The number of aliphatic hydroxyl groups is 1. The monoisotopic (exact) mass is 606 g/mol. The maximum atomic E-state index is 13.0. The van der Waals surface area contributed by atoms with E-state index in [1.54, 1.807) is 50.4 Å². The van der Waals surface area contributed by atoms with Gasteiger partial charge in [0.05, 0.1) is 48.1 Å². The number of aliphatic hydroxyl groups excluding tert-OH is 1. The van der Waals surface area contributed by atoms with Crippen LogP contribution in [-0.2, 0) is 20.8 Å². The number of nitrogens with one attached hydrogen (secondary N) is 1. The molecule has 12 heteroatoms. The molecule has 0 spiro atoms. The van der Waals surface area contributed by atoms with Crippen LogP contribution in [0.25, 0.3) is 0 Å². The Balaban J connectivity index is 1.41. The van der Waals surface area contributed by atoms with Gasteiger partial charge in [0.1, 0.15) is 11.9 Å². The first-order valence-corrected chi connectivity index (χ1v) is 15.0. The van der Waals surface area contributed by atoms with Crippen LogP contribution in [0.3, 0.4) is 0 Å². The van der Waals surface area contributed by atoms with Crippen molar-refractivity contribution in [2.75, 3.05) is 37.5 Å². The number of sulfone groups is 1. The van der Waals surface area contributed by atoms with Crippen LogP contribution in [0.2, 0.25) is 0 Å². The van der Waals surface area contributed by atoms with Gasteiger partial charge < -0.3 is 24.8 Å². The van der Waals surface area contributed by atoms with E-state index in [0.717, 1.165) is 17.8 Å². The number of carbonyl (C=O) groups is 1. The second kappa shape index (κ2) is 13.1. The maximum Gasteiger partial charge on any atom is 0.416 e. The summed E-state index contributed by atoms with van der Waals surface area (Å²) in [6, 6.07) is 16.8. The average Bonchev–Trinajstić information content (AvgIpc) is 3.37. The summed E-state index contributed by atoms with van der Waals surface area (Å²) in [6.45, 7) is 2.06. The summed E-state index contributed by atoms with van der Waals surface area (Å²) in [5.41, 5.74) is 1.01. The molecule has 0 bridgehead atoms. The van der Waals surface area contributed by atoms with Crippen molar-refractivity contribution in [3.8, 4) is 5.75 Å². The topological polar surface area (TPSA) is 105 Å². The van der Waals surface area contributed by atoms with Crippen LogP contribution >= 0.6 is 0 Å². The number of halogens is 3. The van der Waals surface area contributed by atoms with Gasteiger partial charge >= 0.3 is 6.18 Å². The summed E-state index contributed by atoms with van der Waals surface area (Å²) < 4.78 is 74.1. The highest BCUT2D eigenvalue weighted by Gasteiger charge is 2.34.